The predicted octanol–water partition coefficient (Wildman–Crippen LogP) is 1.13. The fourth-order valence-corrected chi connectivity index (χ4v) is 2.56. The van der Waals surface area contributed by atoms with Crippen LogP contribution in [0.3, 0.4) is 0 Å². The molecule has 2 rings (SSSR count). The largest absolute Gasteiger partial charge is 0.354 e. The van der Waals surface area contributed by atoms with Crippen LogP contribution in [-0.2, 0) is 6.42 Å². The Morgan fingerprint density at radius 3 is 2.79 bits per heavy atom. The van der Waals surface area contributed by atoms with Crippen molar-refractivity contribution in [3.05, 3.63) is 22.5 Å². The third-order valence-electron chi connectivity index (χ3n) is 3.69. The summed E-state index contributed by atoms with van der Waals surface area (Å²) in [5, 5.41) is 3.02. The van der Waals surface area contributed by atoms with E-state index in [2.05, 4.69) is 10.3 Å². The van der Waals surface area contributed by atoms with E-state index in [0.29, 0.717) is 18.7 Å². The Bertz CT molecular complexity index is 505. The molecule has 1 aliphatic rings. The Morgan fingerprint density at radius 1 is 1.42 bits per heavy atom. The summed E-state index contributed by atoms with van der Waals surface area (Å²) in [6, 6.07) is 0. The summed E-state index contributed by atoms with van der Waals surface area (Å²) in [5.41, 5.74) is 3.05. The first-order valence-corrected chi connectivity index (χ1v) is 6.71. The standard InChI is InChI=1S/C14H21N3O2/c1-9-12-10(5-4-6-11(12)18)16-13(9)14(19)17(3)8-7-15-2/h15-16H,4-8H2,1-3H3. The van der Waals surface area contributed by atoms with Gasteiger partial charge in [0.2, 0.25) is 0 Å². The number of likely N-dealkylation sites (N-methyl/N-ethyl adjacent to an activating group) is 2. The average Bonchev–Trinajstić information content (AvgIpc) is 2.73. The minimum absolute atomic E-state index is 0.0463. The molecule has 0 saturated heterocycles. The molecule has 2 N–H and O–H groups in total. The summed E-state index contributed by atoms with van der Waals surface area (Å²) < 4.78 is 0. The average molecular weight is 263 g/mol. The number of aryl methyl sites for hydroxylation is 1. The van der Waals surface area contributed by atoms with Gasteiger partial charge in [-0.15, -0.1) is 0 Å². The fourth-order valence-electron chi connectivity index (χ4n) is 2.56. The van der Waals surface area contributed by atoms with Crippen molar-refractivity contribution in [1.82, 2.24) is 15.2 Å². The van der Waals surface area contributed by atoms with Crippen LogP contribution in [0.2, 0.25) is 0 Å². The highest BCUT2D eigenvalue weighted by Gasteiger charge is 2.27. The summed E-state index contributed by atoms with van der Waals surface area (Å²) in [6.45, 7) is 3.25. The zero-order chi connectivity index (χ0) is 14.0. The maximum Gasteiger partial charge on any atom is 0.270 e. The third-order valence-corrected chi connectivity index (χ3v) is 3.69. The molecular formula is C14H21N3O2. The van der Waals surface area contributed by atoms with Gasteiger partial charge >= 0.3 is 0 Å². The molecule has 1 aliphatic carbocycles. The maximum absolute atomic E-state index is 12.4. The van der Waals surface area contributed by atoms with Gasteiger partial charge in [-0.25, -0.2) is 0 Å². The van der Waals surface area contributed by atoms with E-state index in [1.54, 1.807) is 11.9 Å². The maximum atomic E-state index is 12.4. The summed E-state index contributed by atoms with van der Waals surface area (Å²) >= 11 is 0. The lowest BCUT2D eigenvalue weighted by atomic mass is 9.94. The number of carbonyl (C=O) groups excluding carboxylic acids is 2. The number of Topliss-reactive ketones (excluding diaryl/α,β-unsaturated/α-hetero) is 1. The number of nitrogens with zero attached hydrogens (tertiary/aromatic N) is 1. The van der Waals surface area contributed by atoms with Gasteiger partial charge < -0.3 is 15.2 Å². The van der Waals surface area contributed by atoms with Crippen LogP contribution in [0, 0.1) is 6.92 Å². The molecule has 1 aromatic heterocycles. The molecule has 0 spiro atoms. The van der Waals surface area contributed by atoms with E-state index in [0.717, 1.165) is 36.2 Å². The Kier molecular flexibility index (Phi) is 4.04. The number of hydrogen-bond acceptors (Lipinski definition) is 3. The van der Waals surface area contributed by atoms with E-state index in [9.17, 15) is 9.59 Å². The van der Waals surface area contributed by atoms with E-state index < -0.39 is 0 Å². The van der Waals surface area contributed by atoms with E-state index >= 15 is 0 Å². The third kappa shape index (κ3) is 2.56. The van der Waals surface area contributed by atoms with Crippen molar-refractivity contribution in [2.24, 2.45) is 0 Å². The smallest absolute Gasteiger partial charge is 0.270 e. The summed E-state index contributed by atoms with van der Waals surface area (Å²) in [5.74, 6) is 0.113. The van der Waals surface area contributed by atoms with Crippen LogP contribution in [0.1, 0.15) is 44.9 Å². The van der Waals surface area contributed by atoms with Gasteiger partial charge in [0.25, 0.3) is 5.91 Å². The summed E-state index contributed by atoms with van der Waals surface area (Å²) in [7, 11) is 3.64. The number of fused-ring (bicyclic) bond motifs is 1. The number of carbonyl (C=O) groups is 2. The van der Waals surface area contributed by atoms with Crippen molar-refractivity contribution in [3.63, 3.8) is 0 Å². The van der Waals surface area contributed by atoms with Gasteiger partial charge in [0.15, 0.2) is 5.78 Å². The van der Waals surface area contributed by atoms with Crippen LogP contribution in [0.25, 0.3) is 0 Å². The molecule has 0 fully saturated rings. The van der Waals surface area contributed by atoms with Crippen LogP contribution in [0.4, 0.5) is 0 Å². The number of amides is 1. The number of nitrogens with one attached hydrogen (secondary N) is 2. The quantitative estimate of drug-likeness (QED) is 0.856. The number of aromatic nitrogens is 1. The SMILES string of the molecule is CNCCN(C)C(=O)c1[nH]c2c(c1C)C(=O)CCC2. The molecule has 0 atom stereocenters. The van der Waals surface area contributed by atoms with Crippen molar-refractivity contribution in [1.29, 1.82) is 0 Å². The zero-order valence-corrected chi connectivity index (χ0v) is 11.8. The molecule has 1 aromatic rings. The second-order valence-electron chi connectivity index (χ2n) is 5.09. The molecule has 0 radical (unpaired) electrons. The van der Waals surface area contributed by atoms with Crippen molar-refractivity contribution in [2.75, 3.05) is 27.2 Å². The van der Waals surface area contributed by atoms with Crippen LogP contribution in [-0.4, -0.2) is 48.8 Å². The molecule has 0 bridgehead atoms. The molecule has 0 unspecified atom stereocenters. The van der Waals surface area contributed by atoms with Gasteiger partial charge in [0.05, 0.1) is 0 Å². The summed E-state index contributed by atoms with van der Waals surface area (Å²) in [6.07, 6.45) is 2.32. The molecule has 0 aliphatic heterocycles. The van der Waals surface area contributed by atoms with Gasteiger partial charge in [-0.05, 0) is 32.4 Å². The predicted molar refractivity (Wildman–Crippen MR) is 73.7 cm³/mol. The topological polar surface area (TPSA) is 65.2 Å². The highest BCUT2D eigenvalue weighted by molar-refractivity contribution is 6.04. The normalized spacial score (nSPS) is 14.4. The first-order chi connectivity index (χ1) is 9.06. The molecular weight excluding hydrogens is 242 g/mol. The number of hydrogen-bond donors (Lipinski definition) is 2. The Labute approximate surface area is 113 Å². The molecule has 1 heterocycles. The monoisotopic (exact) mass is 263 g/mol. The lowest BCUT2D eigenvalue weighted by molar-refractivity contribution is 0.0791. The fraction of sp³-hybridized carbons (Fsp3) is 0.571. The first-order valence-electron chi connectivity index (χ1n) is 6.71. The van der Waals surface area contributed by atoms with Crippen molar-refractivity contribution < 1.29 is 9.59 Å². The second kappa shape index (κ2) is 5.57. The van der Waals surface area contributed by atoms with Gasteiger partial charge in [0.1, 0.15) is 5.69 Å². The van der Waals surface area contributed by atoms with Gasteiger partial charge in [-0.3, -0.25) is 9.59 Å². The minimum atomic E-state index is -0.0463. The molecule has 1 amide bonds. The number of H-pyrrole nitrogens is 1. The molecule has 5 nitrogen and oxygen atoms in total. The Morgan fingerprint density at radius 2 is 2.16 bits per heavy atom. The van der Waals surface area contributed by atoms with Gasteiger partial charge in [-0.2, -0.15) is 0 Å². The minimum Gasteiger partial charge on any atom is -0.354 e. The molecule has 0 aromatic carbocycles. The van der Waals surface area contributed by atoms with Crippen molar-refractivity contribution in [3.8, 4) is 0 Å². The van der Waals surface area contributed by atoms with E-state index in [4.69, 9.17) is 0 Å². The molecule has 5 heteroatoms. The van der Waals surface area contributed by atoms with E-state index in [-0.39, 0.29) is 11.7 Å². The highest BCUT2D eigenvalue weighted by atomic mass is 16.2. The van der Waals surface area contributed by atoms with Crippen LogP contribution in [0.15, 0.2) is 0 Å². The highest BCUT2D eigenvalue weighted by Crippen LogP contribution is 2.26. The summed E-state index contributed by atoms with van der Waals surface area (Å²) in [4.78, 5) is 29.1. The molecule has 19 heavy (non-hydrogen) atoms. The van der Waals surface area contributed by atoms with Crippen LogP contribution in [0.5, 0.6) is 0 Å². The Balaban J connectivity index is 2.26. The van der Waals surface area contributed by atoms with E-state index in [1.807, 2.05) is 14.0 Å². The zero-order valence-electron chi connectivity index (χ0n) is 11.8. The van der Waals surface area contributed by atoms with Crippen molar-refractivity contribution in [2.45, 2.75) is 26.2 Å². The molecule has 104 valence electrons. The lowest BCUT2D eigenvalue weighted by Gasteiger charge is -2.16. The Hall–Kier alpha value is -1.62. The molecule has 0 saturated carbocycles. The van der Waals surface area contributed by atoms with Crippen LogP contribution < -0.4 is 5.32 Å². The van der Waals surface area contributed by atoms with E-state index in [1.165, 1.54) is 0 Å². The van der Waals surface area contributed by atoms with Crippen LogP contribution >= 0.6 is 0 Å². The van der Waals surface area contributed by atoms with Gasteiger partial charge in [-0.1, -0.05) is 0 Å². The number of rotatable bonds is 4. The second-order valence-corrected chi connectivity index (χ2v) is 5.09. The lowest BCUT2D eigenvalue weighted by Crippen LogP contribution is -2.33. The number of aromatic amines is 1. The number of ketones is 1. The van der Waals surface area contributed by atoms with Gasteiger partial charge in [0, 0.05) is 37.8 Å². The first kappa shape index (κ1) is 13.8. The van der Waals surface area contributed by atoms with Crippen molar-refractivity contribution >= 4 is 11.7 Å².